The van der Waals surface area contributed by atoms with Crippen LogP contribution in [-0.4, -0.2) is 44.5 Å². The van der Waals surface area contributed by atoms with Gasteiger partial charge in [-0.1, -0.05) is 24.6 Å². The zero-order valence-corrected chi connectivity index (χ0v) is 12.4. The van der Waals surface area contributed by atoms with Crippen LogP contribution in [0.4, 0.5) is 0 Å². The Morgan fingerprint density at radius 2 is 2.10 bits per heavy atom. The Morgan fingerprint density at radius 1 is 1.33 bits per heavy atom. The Bertz CT molecular complexity index is 471. The third-order valence-corrected chi connectivity index (χ3v) is 4.03. The maximum atomic E-state index is 12.6. The van der Waals surface area contributed by atoms with E-state index in [1.807, 2.05) is 24.3 Å². The van der Waals surface area contributed by atoms with Crippen molar-refractivity contribution in [1.82, 2.24) is 5.32 Å². The van der Waals surface area contributed by atoms with Gasteiger partial charge in [0, 0.05) is 12.1 Å². The maximum Gasteiger partial charge on any atom is 0.230 e. The second-order valence-corrected chi connectivity index (χ2v) is 5.23. The molecule has 21 heavy (non-hydrogen) atoms. The van der Waals surface area contributed by atoms with E-state index in [0.717, 1.165) is 30.6 Å². The minimum Gasteiger partial charge on any atom is -0.496 e. The van der Waals surface area contributed by atoms with E-state index in [1.165, 1.54) is 0 Å². The molecule has 1 aliphatic carbocycles. The second kappa shape index (κ2) is 7.43. The van der Waals surface area contributed by atoms with Gasteiger partial charge in [-0.3, -0.25) is 4.79 Å². The topological polar surface area (TPSA) is 67.8 Å². The summed E-state index contributed by atoms with van der Waals surface area (Å²) < 4.78 is 10.6. The van der Waals surface area contributed by atoms with Gasteiger partial charge in [-0.15, -0.1) is 0 Å². The van der Waals surface area contributed by atoms with Crippen molar-refractivity contribution in [1.29, 1.82) is 0 Å². The van der Waals surface area contributed by atoms with Crippen LogP contribution in [0.15, 0.2) is 24.3 Å². The van der Waals surface area contributed by atoms with Crippen LogP contribution >= 0.6 is 0 Å². The number of aliphatic hydroxyl groups excluding tert-OH is 1. The molecule has 1 saturated carbocycles. The van der Waals surface area contributed by atoms with Gasteiger partial charge in [0.1, 0.15) is 5.75 Å². The quantitative estimate of drug-likeness (QED) is 0.708. The predicted octanol–water partition coefficient (Wildman–Crippen LogP) is 1.24. The number of aliphatic hydroxyl groups is 1. The Kier molecular flexibility index (Phi) is 5.59. The third kappa shape index (κ3) is 3.36. The lowest BCUT2D eigenvalue weighted by Gasteiger charge is -2.41. The highest BCUT2D eigenvalue weighted by molar-refractivity contribution is 5.90. The van der Waals surface area contributed by atoms with Crippen molar-refractivity contribution in [2.45, 2.75) is 24.7 Å². The van der Waals surface area contributed by atoms with Gasteiger partial charge in [0.05, 0.1) is 32.3 Å². The Balaban J connectivity index is 2.02. The molecule has 2 rings (SSSR count). The Morgan fingerprint density at radius 3 is 2.71 bits per heavy atom. The molecule has 0 atom stereocenters. The molecular formula is C16H23NO4. The van der Waals surface area contributed by atoms with Gasteiger partial charge in [0.15, 0.2) is 0 Å². The van der Waals surface area contributed by atoms with Gasteiger partial charge in [0.25, 0.3) is 0 Å². The zero-order chi connectivity index (χ0) is 15.1. The van der Waals surface area contributed by atoms with Crippen LogP contribution < -0.4 is 10.1 Å². The van der Waals surface area contributed by atoms with Gasteiger partial charge in [0.2, 0.25) is 5.91 Å². The molecule has 116 valence electrons. The lowest BCUT2D eigenvalue weighted by molar-refractivity contribution is -0.130. The van der Waals surface area contributed by atoms with E-state index in [-0.39, 0.29) is 12.5 Å². The first-order valence-corrected chi connectivity index (χ1v) is 7.35. The number of carbonyl (C=O) groups is 1. The van der Waals surface area contributed by atoms with E-state index < -0.39 is 5.41 Å². The number of amides is 1. The van der Waals surface area contributed by atoms with E-state index >= 15 is 0 Å². The molecule has 0 bridgehead atoms. The standard InChI is InChI=1S/C16H23NO4/c1-20-14-6-3-2-5-13(14)16(7-4-8-16)15(19)17-9-11-21-12-10-18/h2-3,5-6,18H,4,7-12H2,1H3,(H,17,19). The van der Waals surface area contributed by atoms with E-state index in [9.17, 15) is 4.79 Å². The summed E-state index contributed by atoms with van der Waals surface area (Å²) in [6.45, 7) is 1.16. The molecule has 0 spiro atoms. The average molecular weight is 293 g/mol. The summed E-state index contributed by atoms with van der Waals surface area (Å²) >= 11 is 0. The fourth-order valence-electron chi connectivity index (χ4n) is 2.76. The SMILES string of the molecule is COc1ccccc1C1(C(=O)NCCOCCO)CCC1. The first-order valence-electron chi connectivity index (χ1n) is 7.35. The maximum absolute atomic E-state index is 12.6. The smallest absolute Gasteiger partial charge is 0.230 e. The van der Waals surface area contributed by atoms with Crippen molar-refractivity contribution in [2.24, 2.45) is 0 Å². The fourth-order valence-corrected chi connectivity index (χ4v) is 2.76. The van der Waals surface area contributed by atoms with Gasteiger partial charge in [-0.25, -0.2) is 0 Å². The lowest BCUT2D eigenvalue weighted by atomic mass is 9.63. The molecule has 5 nitrogen and oxygen atoms in total. The Hall–Kier alpha value is -1.59. The molecule has 0 saturated heterocycles. The first kappa shape index (κ1) is 15.8. The summed E-state index contributed by atoms with van der Waals surface area (Å²) in [7, 11) is 1.63. The minimum atomic E-state index is -0.469. The van der Waals surface area contributed by atoms with Crippen molar-refractivity contribution in [2.75, 3.05) is 33.5 Å². The number of benzene rings is 1. The summed E-state index contributed by atoms with van der Waals surface area (Å²) in [4.78, 5) is 12.6. The fraction of sp³-hybridized carbons (Fsp3) is 0.562. The average Bonchev–Trinajstić information content (AvgIpc) is 2.46. The lowest BCUT2D eigenvalue weighted by Crippen LogP contribution is -2.50. The van der Waals surface area contributed by atoms with Gasteiger partial charge in [-0.05, 0) is 18.9 Å². The molecule has 0 unspecified atom stereocenters. The zero-order valence-electron chi connectivity index (χ0n) is 12.4. The van der Waals surface area contributed by atoms with Crippen molar-refractivity contribution in [3.63, 3.8) is 0 Å². The van der Waals surface area contributed by atoms with Crippen LogP contribution in [-0.2, 0) is 14.9 Å². The van der Waals surface area contributed by atoms with Crippen LogP contribution in [0.25, 0.3) is 0 Å². The summed E-state index contributed by atoms with van der Waals surface area (Å²) in [5.74, 6) is 0.801. The molecule has 5 heteroatoms. The molecule has 0 aliphatic heterocycles. The highest BCUT2D eigenvalue weighted by atomic mass is 16.5. The second-order valence-electron chi connectivity index (χ2n) is 5.23. The molecule has 1 fully saturated rings. The van der Waals surface area contributed by atoms with E-state index in [2.05, 4.69) is 5.32 Å². The number of hydrogen-bond donors (Lipinski definition) is 2. The van der Waals surface area contributed by atoms with Gasteiger partial charge < -0.3 is 19.9 Å². The van der Waals surface area contributed by atoms with E-state index in [1.54, 1.807) is 7.11 Å². The molecule has 0 radical (unpaired) electrons. The van der Waals surface area contributed by atoms with E-state index in [4.69, 9.17) is 14.6 Å². The van der Waals surface area contributed by atoms with Crippen LogP contribution in [0.3, 0.4) is 0 Å². The van der Waals surface area contributed by atoms with Crippen LogP contribution in [0, 0.1) is 0 Å². The molecule has 1 aromatic carbocycles. The predicted molar refractivity (Wildman–Crippen MR) is 79.4 cm³/mol. The number of carbonyl (C=O) groups excluding carboxylic acids is 1. The number of ether oxygens (including phenoxy) is 2. The summed E-state index contributed by atoms with van der Waals surface area (Å²) in [5, 5.41) is 11.6. The molecule has 1 aromatic rings. The largest absolute Gasteiger partial charge is 0.496 e. The molecule has 0 heterocycles. The van der Waals surface area contributed by atoms with Gasteiger partial charge >= 0.3 is 0 Å². The monoisotopic (exact) mass is 293 g/mol. The normalized spacial score (nSPS) is 16.1. The highest BCUT2D eigenvalue weighted by Gasteiger charge is 2.47. The Labute approximate surface area is 125 Å². The number of para-hydroxylation sites is 1. The molecule has 0 aromatic heterocycles. The summed E-state index contributed by atoms with van der Waals surface area (Å²) in [5.41, 5.74) is 0.497. The summed E-state index contributed by atoms with van der Waals surface area (Å²) in [6, 6.07) is 7.72. The summed E-state index contributed by atoms with van der Waals surface area (Å²) in [6.07, 6.45) is 2.74. The van der Waals surface area contributed by atoms with Crippen molar-refractivity contribution < 1.29 is 19.4 Å². The number of rotatable bonds is 8. The minimum absolute atomic E-state index is 0.000895. The van der Waals surface area contributed by atoms with Crippen molar-refractivity contribution in [3.8, 4) is 5.75 Å². The van der Waals surface area contributed by atoms with Crippen LogP contribution in [0.5, 0.6) is 5.75 Å². The van der Waals surface area contributed by atoms with Crippen molar-refractivity contribution >= 4 is 5.91 Å². The molecule has 1 amide bonds. The molecular weight excluding hydrogens is 270 g/mol. The molecule has 1 aliphatic rings. The number of hydrogen-bond acceptors (Lipinski definition) is 4. The van der Waals surface area contributed by atoms with Crippen LogP contribution in [0.2, 0.25) is 0 Å². The number of nitrogens with one attached hydrogen (secondary N) is 1. The highest BCUT2D eigenvalue weighted by Crippen LogP contribution is 2.47. The third-order valence-electron chi connectivity index (χ3n) is 4.03. The van der Waals surface area contributed by atoms with Gasteiger partial charge in [-0.2, -0.15) is 0 Å². The van der Waals surface area contributed by atoms with E-state index in [0.29, 0.717) is 19.8 Å². The van der Waals surface area contributed by atoms with Crippen molar-refractivity contribution in [3.05, 3.63) is 29.8 Å². The number of methoxy groups -OCH3 is 1. The first-order chi connectivity index (χ1) is 10.2. The molecule has 2 N–H and O–H groups in total. The van der Waals surface area contributed by atoms with Crippen LogP contribution in [0.1, 0.15) is 24.8 Å².